The summed E-state index contributed by atoms with van der Waals surface area (Å²) in [5.41, 5.74) is 1.28. The van der Waals surface area contributed by atoms with Crippen LogP contribution in [-0.4, -0.2) is 12.3 Å². The topological polar surface area (TPSA) is 12.4 Å². The lowest BCUT2D eigenvalue weighted by molar-refractivity contribution is 0.886. The van der Waals surface area contributed by atoms with Crippen molar-refractivity contribution in [2.75, 3.05) is 0 Å². The molecule has 78 valence electrons. The van der Waals surface area contributed by atoms with Crippen molar-refractivity contribution in [3.63, 3.8) is 0 Å². The minimum absolute atomic E-state index is 0.316. The third-order valence-corrected chi connectivity index (χ3v) is 1.83. The lowest BCUT2D eigenvalue weighted by Crippen LogP contribution is -2.03. The second kappa shape index (κ2) is 8.49. The van der Waals surface area contributed by atoms with Gasteiger partial charge in [-0.3, -0.25) is 4.99 Å². The smallest absolute Gasteiger partial charge is 0.0720 e. The van der Waals surface area contributed by atoms with Crippen LogP contribution in [0.25, 0.3) is 0 Å². The Bertz CT molecular complexity index is 244. The van der Waals surface area contributed by atoms with Crippen LogP contribution in [0.2, 0.25) is 0 Å². The fourth-order valence-electron chi connectivity index (χ4n) is 1.07. The third kappa shape index (κ3) is 4.80. The van der Waals surface area contributed by atoms with Crippen LogP contribution in [0.3, 0.4) is 0 Å². The molecule has 0 N–H and O–H groups in total. The SMILES string of the molecule is CC.CC/C=C\C=C1\C=CC=NC1C. The molecule has 0 saturated heterocycles. The Morgan fingerprint density at radius 3 is 2.71 bits per heavy atom. The highest BCUT2D eigenvalue weighted by Crippen LogP contribution is 2.11. The first-order valence-electron chi connectivity index (χ1n) is 5.41. The Morgan fingerprint density at radius 1 is 1.43 bits per heavy atom. The summed E-state index contributed by atoms with van der Waals surface area (Å²) in [7, 11) is 0. The highest BCUT2D eigenvalue weighted by molar-refractivity contribution is 5.74. The molecule has 0 amide bonds. The summed E-state index contributed by atoms with van der Waals surface area (Å²) in [6, 6.07) is 0.316. The van der Waals surface area contributed by atoms with E-state index in [4.69, 9.17) is 0 Å². The molecule has 1 aliphatic heterocycles. The van der Waals surface area contributed by atoms with Crippen LogP contribution < -0.4 is 0 Å². The summed E-state index contributed by atoms with van der Waals surface area (Å²) in [6.07, 6.45) is 13.4. The van der Waals surface area contributed by atoms with Crippen LogP contribution in [0.15, 0.2) is 40.9 Å². The Balaban J connectivity index is 0.000000791. The third-order valence-electron chi connectivity index (χ3n) is 1.83. The van der Waals surface area contributed by atoms with Crippen molar-refractivity contribution in [1.29, 1.82) is 0 Å². The van der Waals surface area contributed by atoms with Gasteiger partial charge in [0.2, 0.25) is 0 Å². The maximum Gasteiger partial charge on any atom is 0.0720 e. The molecule has 0 aromatic rings. The van der Waals surface area contributed by atoms with E-state index < -0.39 is 0 Å². The number of hydrogen-bond acceptors (Lipinski definition) is 1. The van der Waals surface area contributed by atoms with Crippen LogP contribution in [0, 0.1) is 0 Å². The van der Waals surface area contributed by atoms with E-state index in [1.807, 2.05) is 26.1 Å². The average molecular weight is 191 g/mol. The minimum atomic E-state index is 0.316. The lowest BCUT2D eigenvalue weighted by Gasteiger charge is -2.09. The van der Waals surface area contributed by atoms with Gasteiger partial charge in [0.1, 0.15) is 0 Å². The molecular formula is C13H21N. The van der Waals surface area contributed by atoms with Crippen LogP contribution in [0.5, 0.6) is 0 Å². The summed E-state index contributed by atoms with van der Waals surface area (Å²) in [4.78, 5) is 4.28. The second-order valence-corrected chi connectivity index (χ2v) is 2.84. The zero-order valence-electron chi connectivity index (χ0n) is 9.70. The Labute approximate surface area is 87.9 Å². The number of nitrogens with zero attached hydrogens (tertiary/aromatic N) is 1. The average Bonchev–Trinajstić information content (AvgIpc) is 2.24. The molecule has 1 atom stereocenters. The maximum atomic E-state index is 4.28. The zero-order chi connectivity index (χ0) is 10.8. The predicted molar refractivity (Wildman–Crippen MR) is 66.0 cm³/mol. The van der Waals surface area contributed by atoms with Gasteiger partial charge >= 0.3 is 0 Å². The molecular weight excluding hydrogens is 170 g/mol. The van der Waals surface area contributed by atoms with Crippen molar-refractivity contribution in [1.82, 2.24) is 0 Å². The molecule has 1 aliphatic rings. The molecule has 0 aromatic heterocycles. The van der Waals surface area contributed by atoms with Gasteiger partial charge < -0.3 is 0 Å². The van der Waals surface area contributed by atoms with Gasteiger partial charge in [0.25, 0.3) is 0 Å². The molecule has 14 heavy (non-hydrogen) atoms. The van der Waals surface area contributed by atoms with Gasteiger partial charge in [-0.25, -0.2) is 0 Å². The Morgan fingerprint density at radius 2 is 2.14 bits per heavy atom. The minimum Gasteiger partial charge on any atom is -0.285 e. The molecule has 1 heteroatoms. The summed E-state index contributed by atoms with van der Waals surface area (Å²) in [6.45, 7) is 8.24. The van der Waals surface area contributed by atoms with E-state index in [2.05, 4.69) is 43.1 Å². The van der Waals surface area contributed by atoms with E-state index in [0.29, 0.717) is 6.04 Å². The molecule has 0 fully saturated rings. The van der Waals surface area contributed by atoms with Gasteiger partial charge in [-0.1, -0.05) is 45.1 Å². The van der Waals surface area contributed by atoms with E-state index in [1.54, 1.807) is 0 Å². The number of dihydropyridines is 1. The summed E-state index contributed by atoms with van der Waals surface area (Å²) in [5, 5.41) is 0. The molecule has 0 radical (unpaired) electrons. The number of aliphatic imine (C=N–C) groups is 1. The van der Waals surface area contributed by atoms with Crippen molar-refractivity contribution in [3.05, 3.63) is 36.0 Å². The fraction of sp³-hybridized carbons (Fsp3) is 0.462. The van der Waals surface area contributed by atoms with Crippen molar-refractivity contribution in [2.45, 2.75) is 40.2 Å². The molecule has 1 heterocycles. The monoisotopic (exact) mass is 191 g/mol. The highest BCUT2D eigenvalue weighted by atomic mass is 14.8. The van der Waals surface area contributed by atoms with Crippen molar-refractivity contribution in [3.8, 4) is 0 Å². The van der Waals surface area contributed by atoms with Gasteiger partial charge in [-0.15, -0.1) is 0 Å². The van der Waals surface area contributed by atoms with Crippen molar-refractivity contribution >= 4 is 6.21 Å². The normalized spacial score (nSPS) is 22.6. The number of hydrogen-bond donors (Lipinski definition) is 0. The van der Waals surface area contributed by atoms with Gasteiger partial charge in [-0.05, 0) is 25.0 Å². The van der Waals surface area contributed by atoms with E-state index >= 15 is 0 Å². The predicted octanol–water partition coefficient (Wildman–Crippen LogP) is 3.93. The van der Waals surface area contributed by atoms with Crippen molar-refractivity contribution < 1.29 is 0 Å². The first kappa shape index (κ1) is 12.9. The van der Waals surface area contributed by atoms with Gasteiger partial charge in [0.05, 0.1) is 6.04 Å². The van der Waals surface area contributed by atoms with Crippen LogP contribution in [-0.2, 0) is 0 Å². The van der Waals surface area contributed by atoms with Gasteiger partial charge in [0.15, 0.2) is 0 Å². The van der Waals surface area contributed by atoms with Gasteiger partial charge in [-0.2, -0.15) is 0 Å². The summed E-state index contributed by atoms with van der Waals surface area (Å²) < 4.78 is 0. The van der Waals surface area contributed by atoms with Gasteiger partial charge in [0, 0.05) is 6.21 Å². The first-order valence-corrected chi connectivity index (χ1v) is 5.41. The summed E-state index contributed by atoms with van der Waals surface area (Å²) in [5.74, 6) is 0. The Hall–Kier alpha value is -1.11. The zero-order valence-corrected chi connectivity index (χ0v) is 9.70. The molecule has 1 unspecified atom stereocenters. The summed E-state index contributed by atoms with van der Waals surface area (Å²) >= 11 is 0. The molecule has 1 nitrogen and oxygen atoms in total. The quantitative estimate of drug-likeness (QED) is 0.627. The van der Waals surface area contributed by atoms with E-state index in [9.17, 15) is 0 Å². The number of rotatable bonds is 2. The largest absolute Gasteiger partial charge is 0.285 e. The van der Waals surface area contributed by atoms with Crippen LogP contribution >= 0.6 is 0 Å². The molecule has 0 bridgehead atoms. The fourth-order valence-corrected chi connectivity index (χ4v) is 1.07. The molecule has 1 rings (SSSR count). The highest BCUT2D eigenvalue weighted by Gasteiger charge is 2.03. The molecule has 0 aromatic carbocycles. The Kier molecular flexibility index (Phi) is 7.81. The van der Waals surface area contributed by atoms with Crippen LogP contribution in [0.1, 0.15) is 34.1 Å². The molecule has 0 saturated carbocycles. The molecule has 0 spiro atoms. The van der Waals surface area contributed by atoms with E-state index in [1.165, 1.54) is 5.57 Å². The van der Waals surface area contributed by atoms with Crippen LogP contribution in [0.4, 0.5) is 0 Å². The van der Waals surface area contributed by atoms with E-state index in [0.717, 1.165) is 6.42 Å². The first-order chi connectivity index (χ1) is 6.84. The molecule has 0 aliphatic carbocycles. The van der Waals surface area contributed by atoms with E-state index in [-0.39, 0.29) is 0 Å². The number of allylic oxidation sites excluding steroid dienone is 4. The standard InChI is InChI=1S/C11H15N.C2H6/c1-3-4-5-7-11-8-6-9-12-10(11)2;1-2/h4-10H,3H2,1-2H3;1-2H3/b5-4-,11-7-;. The maximum absolute atomic E-state index is 4.28. The second-order valence-electron chi connectivity index (χ2n) is 2.84. The lowest BCUT2D eigenvalue weighted by atomic mass is 10.1. The van der Waals surface area contributed by atoms with Crippen molar-refractivity contribution in [2.24, 2.45) is 4.99 Å².